The number of sulfonamides is 1. The van der Waals surface area contributed by atoms with E-state index in [-0.39, 0.29) is 16.4 Å². The quantitative estimate of drug-likeness (QED) is 0.448. The maximum atomic E-state index is 13.1. The molecular formula is C27H30N2O5S. The summed E-state index contributed by atoms with van der Waals surface area (Å²) in [6.07, 6.45) is 3.68. The summed E-state index contributed by atoms with van der Waals surface area (Å²) >= 11 is 0. The molecule has 0 radical (unpaired) electrons. The first-order valence-electron chi connectivity index (χ1n) is 12.0. The number of esters is 1. The minimum absolute atomic E-state index is 0.0612. The molecule has 3 aromatic rings. The van der Waals surface area contributed by atoms with Crippen molar-refractivity contribution in [3.05, 3.63) is 72.3 Å². The Balaban J connectivity index is 1.47. The normalized spacial score (nSPS) is 14.9. The van der Waals surface area contributed by atoms with Gasteiger partial charge in [0.1, 0.15) is 0 Å². The van der Waals surface area contributed by atoms with Crippen LogP contribution >= 0.6 is 0 Å². The molecule has 8 heteroatoms. The highest BCUT2D eigenvalue weighted by atomic mass is 32.2. The molecule has 1 aliphatic rings. The van der Waals surface area contributed by atoms with Crippen molar-refractivity contribution >= 4 is 38.4 Å². The van der Waals surface area contributed by atoms with Crippen molar-refractivity contribution in [1.29, 1.82) is 0 Å². The van der Waals surface area contributed by atoms with E-state index in [1.54, 1.807) is 4.90 Å². The van der Waals surface area contributed by atoms with Gasteiger partial charge in [-0.15, -0.1) is 0 Å². The minimum Gasteiger partial charge on any atom is -0.452 e. The molecule has 0 bridgehead atoms. The van der Waals surface area contributed by atoms with Crippen LogP contribution in [0.1, 0.15) is 43.0 Å². The van der Waals surface area contributed by atoms with E-state index in [1.807, 2.05) is 49.4 Å². The van der Waals surface area contributed by atoms with E-state index in [4.69, 9.17) is 4.74 Å². The zero-order chi connectivity index (χ0) is 24.8. The fraction of sp³-hybridized carbons (Fsp3) is 0.333. The summed E-state index contributed by atoms with van der Waals surface area (Å²) in [6, 6.07) is 19.3. The van der Waals surface area contributed by atoms with Crippen LogP contribution in [0, 0.1) is 0 Å². The van der Waals surface area contributed by atoms with Gasteiger partial charge in [0.05, 0.1) is 16.1 Å². The van der Waals surface area contributed by atoms with E-state index >= 15 is 0 Å². The van der Waals surface area contributed by atoms with E-state index in [9.17, 15) is 18.0 Å². The summed E-state index contributed by atoms with van der Waals surface area (Å²) in [5.41, 5.74) is 0.846. The number of hydrogen-bond acceptors (Lipinski definition) is 5. The Morgan fingerprint density at radius 3 is 2.34 bits per heavy atom. The maximum absolute atomic E-state index is 13.1. The van der Waals surface area contributed by atoms with Gasteiger partial charge in [0.15, 0.2) is 6.61 Å². The SMILES string of the molecule is CCN(C(=O)COC(=O)c1cccc(S(=O)(=O)N2CCCCCC2)c1)c1cccc2ccccc12. The van der Waals surface area contributed by atoms with Crippen molar-refractivity contribution in [2.75, 3.05) is 31.1 Å². The molecule has 7 nitrogen and oxygen atoms in total. The number of carbonyl (C=O) groups is 2. The molecule has 1 heterocycles. The molecule has 0 aliphatic carbocycles. The third-order valence-electron chi connectivity index (χ3n) is 6.27. The molecule has 0 spiro atoms. The molecule has 184 valence electrons. The highest BCUT2D eigenvalue weighted by molar-refractivity contribution is 7.89. The van der Waals surface area contributed by atoms with Crippen molar-refractivity contribution in [3.63, 3.8) is 0 Å². The Labute approximate surface area is 206 Å². The van der Waals surface area contributed by atoms with Gasteiger partial charge in [0.25, 0.3) is 5.91 Å². The number of amides is 1. The lowest BCUT2D eigenvalue weighted by molar-refractivity contribution is -0.121. The number of benzene rings is 3. The lowest BCUT2D eigenvalue weighted by Crippen LogP contribution is -2.34. The molecule has 1 aliphatic heterocycles. The van der Waals surface area contributed by atoms with Crippen LogP contribution in [0.5, 0.6) is 0 Å². The second kappa shape index (κ2) is 11.0. The smallest absolute Gasteiger partial charge is 0.338 e. The van der Waals surface area contributed by atoms with Gasteiger partial charge >= 0.3 is 5.97 Å². The van der Waals surface area contributed by atoms with Crippen LogP contribution in [0.2, 0.25) is 0 Å². The molecule has 4 rings (SSSR count). The first kappa shape index (κ1) is 24.9. The van der Waals surface area contributed by atoms with Gasteiger partial charge < -0.3 is 9.64 Å². The van der Waals surface area contributed by atoms with Gasteiger partial charge in [0, 0.05) is 25.0 Å². The van der Waals surface area contributed by atoms with E-state index in [2.05, 4.69) is 0 Å². The lowest BCUT2D eigenvalue weighted by atomic mass is 10.1. The van der Waals surface area contributed by atoms with E-state index in [0.29, 0.717) is 19.6 Å². The lowest BCUT2D eigenvalue weighted by Gasteiger charge is -2.22. The van der Waals surface area contributed by atoms with E-state index < -0.39 is 22.6 Å². The number of fused-ring (bicyclic) bond motifs is 1. The van der Waals surface area contributed by atoms with E-state index in [1.165, 1.54) is 28.6 Å². The van der Waals surface area contributed by atoms with Crippen LogP contribution in [0.4, 0.5) is 5.69 Å². The Kier molecular flexibility index (Phi) is 7.83. The van der Waals surface area contributed by atoms with Gasteiger partial charge in [0.2, 0.25) is 10.0 Å². The van der Waals surface area contributed by atoms with Crippen molar-refractivity contribution in [3.8, 4) is 0 Å². The van der Waals surface area contributed by atoms with Crippen LogP contribution in [0.15, 0.2) is 71.6 Å². The molecule has 0 saturated carbocycles. The van der Waals surface area contributed by atoms with Crippen molar-refractivity contribution in [2.45, 2.75) is 37.5 Å². The number of likely N-dealkylation sites (N-methyl/N-ethyl adjacent to an activating group) is 1. The zero-order valence-corrected chi connectivity index (χ0v) is 20.7. The monoisotopic (exact) mass is 494 g/mol. The van der Waals surface area contributed by atoms with Crippen LogP contribution in [0.25, 0.3) is 10.8 Å². The standard InChI is InChI=1S/C27H30N2O5S/c1-2-29(25-16-10-12-21-11-5-6-15-24(21)25)26(30)20-34-27(31)22-13-9-14-23(19-22)35(32,33)28-17-7-3-4-8-18-28/h5-6,9-16,19H,2-4,7-8,17-18,20H2,1H3. The molecule has 1 fully saturated rings. The summed E-state index contributed by atoms with van der Waals surface area (Å²) in [5.74, 6) is -1.09. The van der Waals surface area contributed by atoms with Crippen molar-refractivity contribution < 1.29 is 22.7 Å². The van der Waals surface area contributed by atoms with Gasteiger partial charge in [-0.25, -0.2) is 13.2 Å². The first-order chi connectivity index (χ1) is 16.9. The fourth-order valence-corrected chi connectivity index (χ4v) is 5.99. The molecule has 0 N–H and O–H groups in total. The Bertz CT molecular complexity index is 1310. The predicted molar refractivity (Wildman–Crippen MR) is 136 cm³/mol. The molecule has 1 amide bonds. The van der Waals surface area contributed by atoms with Crippen molar-refractivity contribution in [1.82, 2.24) is 4.31 Å². The predicted octanol–water partition coefficient (Wildman–Crippen LogP) is 4.61. The average Bonchev–Trinajstić information content (AvgIpc) is 3.18. The molecule has 1 saturated heterocycles. The molecule has 35 heavy (non-hydrogen) atoms. The number of ether oxygens (including phenoxy) is 1. The van der Waals surface area contributed by atoms with Crippen LogP contribution in [-0.4, -0.2) is 50.8 Å². The zero-order valence-electron chi connectivity index (χ0n) is 19.9. The van der Waals surface area contributed by atoms with E-state index in [0.717, 1.165) is 42.1 Å². The number of nitrogens with zero attached hydrogens (tertiary/aromatic N) is 2. The van der Waals surface area contributed by atoms with Crippen molar-refractivity contribution in [2.24, 2.45) is 0 Å². The molecule has 0 aromatic heterocycles. The Hall–Kier alpha value is -3.23. The second-order valence-corrected chi connectivity index (χ2v) is 10.5. The Morgan fingerprint density at radius 1 is 0.914 bits per heavy atom. The summed E-state index contributed by atoms with van der Waals surface area (Å²) in [6.45, 7) is 2.78. The third-order valence-corrected chi connectivity index (χ3v) is 8.17. The maximum Gasteiger partial charge on any atom is 0.338 e. The summed E-state index contributed by atoms with van der Waals surface area (Å²) < 4.78 is 33.0. The highest BCUT2D eigenvalue weighted by Crippen LogP contribution is 2.27. The average molecular weight is 495 g/mol. The largest absolute Gasteiger partial charge is 0.452 e. The van der Waals surface area contributed by atoms with Gasteiger partial charge in [-0.1, -0.05) is 55.3 Å². The van der Waals surface area contributed by atoms with Crippen LogP contribution < -0.4 is 4.90 Å². The first-order valence-corrected chi connectivity index (χ1v) is 13.4. The fourth-order valence-electron chi connectivity index (χ4n) is 4.43. The van der Waals surface area contributed by atoms with Crippen LogP contribution in [-0.2, 0) is 19.6 Å². The van der Waals surface area contributed by atoms with Crippen LogP contribution in [0.3, 0.4) is 0 Å². The second-order valence-electron chi connectivity index (χ2n) is 8.56. The van der Waals surface area contributed by atoms with Gasteiger partial charge in [-0.3, -0.25) is 4.79 Å². The molecule has 0 atom stereocenters. The number of hydrogen-bond donors (Lipinski definition) is 0. The number of carbonyl (C=O) groups excluding carboxylic acids is 2. The number of rotatable bonds is 7. The molecule has 3 aromatic carbocycles. The summed E-state index contributed by atoms with van der Waals surface area (Å²) in [4.78, 5) is 27.3. The van der Waals surface area contributed by atoms with Gasteiger partial charge in [-0.2, -0.15) is 4.31 Å². The topological polar surface area (TPSA) is 84.0 Å². The summed E-state index contributed by atoms with van der Waals surface area (Å²) in [5, 5.41) is 1.94. The Morgan fingerprint density at radius 2 is 1.60 bits per heavy atom. The molecular weight excluding hydrogens is 464 g/mol. The third kappa shape index (κ3) is 5.55. The molecule has 0 unspecified atom stereocenters. The highest BCUT2D eigenvalue weighted by Gasteiger charge is 2.26. The number of anilines is 1. The summed E-state index contributed by atoms with van der Waals surface area (Å²) in [7, 11) is -3.70. The van der Waals surface area contributed by atoms with Gasteiger partial charge in [-0.05, 0) is 49.4 Å². The minimum atomic E-state index is -3.70.